The van der Waals surface area contributed by atoms with Crippen LogP contribution in [0.5, 0.6) is 0 Å². The smallest absolute Gasteiger partial charge is 0.104 e. The van der Waals surface area contributed by atoms with Gasteiger partial charge in [-0.2, -0.15) is 0 Å². The molecule has 2 atom stereocenters. The molecule has 0 heterocycles. The molecule has 74 valence electrons. The lowest BCUT2D eigenvalue weighted by Gasteiger charge is -2.59. The van der Waals surface area contributed by atoms with Crippen molar-refractivity contribution < 1.29 is 10.1 Å². The van der Waals surface area contributed by atoms with E-state index in [0.717, 1.165) is 31.1 Å². The molecule has 4 aliphatic carbocycles. The molecule has 0 aromatic heterocycles. The third kappa shape index (κ3) is 1.08. The van der Waals surface area contributed by atoms with Crippen LogP contribution in [0.4, 0.5) is 0 Å². The maximum atomic E-state index is 9.05. The second kappa shape index (κ2) is 2.29. The Morgan fingerprint density at radius 3 is 2.23 bits per heavy atom. The van der Waals surface area contributed by atoms with Gasteiger partial charge in [0.1, 0.15) is 5.60 Å². The summed E-state index contributed by atoms with van der Waals surface area (Å²) in [7, 11) is 0. The van der Waals surface area contributed by atoms with E-state index in [2.05, 4.69) is 6.92 Å². The first-order valence-electron chi connectivity index (χ1n) is 5.46. The molecular formula is C11H18O2. The normalized spacial score (nSPS) is 58.6. The Morgan fingerprint density at radius 1 is 1.15 bits per heavy atom. The van der Waals surface area contributed by atoms with Crippen molar-refractivity contribution in [2.24, 2.45) is 17.3 Å². The van der Waals surface area contributed by atoms with Gasteiger partial charge in [-0.15, -0.1) is 0 Å². The Morgan fingerprint density at radius 2 is 1.77 bits per heavy atom. The van der Waals surface area contributed by atoms with Crippen LogP contribution in [0.3, 0.4) is 0 Å². The van der Waals surface area contributed by atoms with Crippen LogP contribution < -0.4 is 0 Å². The molecular weight excluding hydrogens is 164 g/mol. The van der Waals surface area contributed by atoms with E-state index in [9.17, 15) is 0 Å². The molecule has 0 spiro atoms. The average Bonchev–Trinajstić information content (AvgIpc) is 1.99. The van der Waals surface area contributed by atoms with Gasteiger partial charge in [0.2, 0.25) is 0 Å². The second-order valence-electron chi connectivity index (χ2n) is 6.05. The van der Waals surface area contributed by atoms with E-state index in [-0.39, 0.29) is 5.60 Å². The summed E-state index contributed by atoms with van der Waals surface area (Å²) in [6.07, 6.45) is 7.43. The molecule has 0 saturated heterocycles. The van der Waals surface area contributed by atoms with Crippen LogP contribution in [0.2, 0.25) is 0 Å². The largest absolute Gasteiger partial charge is 0.251 e. The van der Waals surface area contributed by atoms with E-state index in [1.165, 1.54) is 19.3 Å². The second-order valence-corrected chi connectivity index (χ2v) is 6.05. The predicted octanol–water partition coefficient (Wildman–Crippen LogP) is 2.83. The fourth-order valence-corrected chi connectivity index (χ4v) is 4.74. The van der Waals surface area contributed by atoms with Crippen molar-refractivity contribution >= 4 is 0 Å². The quantitative estimate of drug-likeness (QED) is 0.499. The summed E-state index contributed by atoms with van der Waals surface area (Å²) in [4.78, 5) is 4.82. The van der Waals surface area contributed by atoms with Crippen LogP contribution >= 0.6 is 0 Å². The van der Waals surface area contributed by atoms with Crippen molar-refractivity contribution in [1.82, 2.24) is 0 Å². The van der Waals surface area contributed by atoms with E-state index in [4.69, 9.17) is 10.1 Å². The average molecular weight is 182 g/mol. The van der Waals surface area contributed by atoms with Gasteiger partial charge in [0, 0.05) is 0 Å². The van der Waals surface area contributed by atoms with Gasteiger partial charge in [-0.05, 0) is 55.8 Å². The zero-order valence-electron chi connectivity index (χ0n) is 8.25. The molecule has 0 radical (unpaired) electrons. The van der Waals surface area contributed by atoms with E-state index in [1.54, 1.807) is 0 Å². The number of hydrogen-bond donors (Lipinski definition) is 1. The van der Waals surface area contributed by atoms with Crippen molar-refractivity contribution in [3.05, 3.63) is 0 Å². The lowest BCUT2D eigenvalue weighted by molar-refractivity contribution is -0.362. The molecule has 2 nitrogen and oxygen atoms in total. The molecule has 0 amide bonds. The van der Waals surface area contributed by atoms with Crippen molar-refractivity contribution in [1.29, 1.82) is 0 Å². The van der Waals surface area contributed by atoms with E-state index in [0.29, 0.717) is 5.41 Å². The highest BCUT2D eigenvalue weighted by atomic mass is 17.1. The summed E-state index contributed by atoms with van der Waals surface area (Å²) in [6.45, 7) is 2.37. The Labute approximate surface area is 79.2 Å². The van der Waals surface area contributed by atoms with Gasteiger partial charge in [-0.3, -0.25) is 5.26 Å². The molecule has 2 heteroatoms. The van der Waals surface area contributed by atoms with Gasteiger partial charge >= 0.3 is 0 Å². The van der Waals surface area contributed by atoms with Crippen molar-refractivity contribution in [3.63, 3.8) is 0 Å². The molecule has 0 aromatic rings. The van der Waals surface area contributed by atoms with Crippen LogP contribution in [0.25, 0.3) is 0 Å². The summed E-state index contributed by atoms with van der Waals surface area (Å²) >= 11 is 0. The SMILES string of the molecule is CC12CC3CC(C1)CC(OO)(C3)C2. The first-order valence-corrected chi connectivity index (χ1v) is 5.46. The molecule has 0 aliphatic heterocycles. The molecule has 13 heavy (non-hydrogen) atoms. The minimum absolute atomic E-state index is 0.140. The Kier molecular flexibility index (Phi) is 1.45. The van der Waals surface area contributed by atoms with Crippen LogP contribution in [0, 0.1) is 17.3 Å². The van der Waals surface area contributed by atoms with Crippen molar-refractivity contribution in [2.45, 2.75) is 51.0 Å². The summed E-state index contributed by atoms with van der Waals surface area (Å²) in [5.74, 6) is 1.66. The number of hydrogen-bond acceptors (Lipinski definition) is 2. The zero-order chi connectivity index (χ0) is 9.10. The van der Waals surface area contributed by atoms with Gasteiger partial charge in [0.25, 0.3) is 0 Å². The molecule has 0 aromatic carbocycles. The van der Waals surface area contributed by atoms with Crippen LogP contribution in [0.15, 0.2) is 0 Å². The fourth-order valence-electron chi connectivity index (χ4n) is 4.74. The van der Waals surface area contributed by atoms with Gasteiger partial charge < -0.3 is 0 Å². The summed E-state index contributed by atoms with van der Waals surface area (Å²) in [5, 5.41) is 9.05. The van der Waals surface area contributed by atoms with Gasteiger partial charge in [-0.25, -0.2) is 4.89 Å². The molecule has 4 aliphatic rings. The van der Waals surface area contributed by atoms with Crippen molar-refractivity contribution in [2.75, 3.05) is 0 Å². The summed E-state index contributed by atoms with van der Waals surface area (Å²) in [6, 6.07) is 0. The van der Waals surface area contributed by atoms with Gasteiger partial charge in [-0.1, -0.05) is 6.92 Å². The van der Waals surface area contributed by atoms with E-state index < -0.39 is 0 Å². The summed E-state index contributed by atoms with van der Waals surface area (Å²) in [5.41, 5.74) is 0.339. The third-order valence-electron chi connectivity index (χ3n) is 4.49. The third-order valence-corrected chi connectivity index (χ3v) is 4.49. The van der Waals surface area contributed by atoms with Crippen LogP contribution in [0.1, 0.15) is 45.4 Å². The Bertz CT molecular complexity index is 222. The standard InChI is InChI=1S/C11H18O2/c1-10-3-8-2-9(4-10)6-11(5-8,7-10)13-12/h8-9,12H,2-7H2,1H3. The highest BCUT2D eigenvalue weighted by Crippen LogP contribution is 2.62. The zero-order valence-corrected chi connectivity index (χ0v) is 8.25. The minimum atomic E-state index is -0.140. The lowest BCUT2D eigenvalue weighted by atomic mass is 9.48. The monoisotopic (exact) mass is 182 g/mol. The van der Waals surface area contributed by atoms with Crippen LogP contribution in [-0.4, -0.2) is 10.9 Å². The maximum Gasteiger partial charge on any atom is 0.104 e. The highest BCUT2D eigenvalue weighted by molar-refractivity contribution is 5.07. The molecule has 4 bridgehead atoms. The van der Waals surface area contributed by atoms with Crippen molar-refractivity contribution in [3.8, 4) is 0 Å². The topological polar surface area (TPSA) is 29.5 Å². The predicted molar refractivity (Wildman–Crippen MR) is 49.2 cm³/mol. The first kappa shape index (κ1) is 8.25. The molecule has 1 N–H and O–H groups in total. The van der Waals surface area contributed by atoms with Crippen LogP contribution in [-0.2, 0) is 4.89 Å². The highest BCUT2D eigenvalue weighted by Gasteiger charge is 2.56. The molecule has 2 unspecified atom stereocenters. The molecule has 4 saturated carbocycles. The number of rotatable bonds is 1. The van der Waals surface area contributed by atoms with Gasteiger partial charge in [0.05, 0.1) is 0 Å². The molecule has 4 rings (SSSR count). The van der Waals surface area contributed by atoms with Gasteiger partial charge in [0.15, 0.2) is 0 Å². The first-order chi connectivity index (χ1) is 6.13. The minimum Gasteiger partial charge on any atom is -0.251 e. The lowest BCUT2D eigenvalue weighted by Crippen LogP contribution is -2.55. The van der Waals surface area contributed by atoms with E-state index in [1.807, 2.05) is 0 Å². The Balaban J connectivity index is 1.95. The maximum absolute atomic E-state index is 9.05. The molecule has 4 fully saturated rings. The van der Waals surface area contributed by atoms with E-state index >= 15 is 0 Å². The fraction of sp³-hybridized carbons (Fsp3) is 1.00. The Hall–Kier alpha value is -0.0800. The summed E-state index contributed by atoms with van der Waals surface area (Å²) < 4.78 is 0.